The number of hydrogen-bond donors (Lipinski definition) is 6. The highest BCUT2D eigenvalue weighted by Gasteiger charge is 2.52. The standard InChI is InChI=1S/C43H43N3O13/c1-53-38-27-11-10-23-32-28(14-20-8-6-19(7-9-20)12-13-54-27)56-29-16-21(15-24(33(29)39(32)58-37(23)38)25-18-46-26-5-3-2-4-22(25)26)55-43-36(52)34(50)35(51)40(59-43)41(42(44)45)57-31(49)17-30(47)48/h2-11,15-16,28,32,34-36,39-43,50-52H,12-14,17-18,44-45H2,1H3,(H,47,48)/t28-,32+,34-,35-,36+,39+,40-,41-,43+/m0/s1. The van der Waals surface area contributed by atoms with Crippen LogP contribution in [0.25, 0.3) is 5.57 Å². The van der Waals surface area contributed by atoms with Crippen molar-refractivity contribution in [3.8, 4) is 28.7 Å². The molecule has 4 aromatic rings. The minimum atomic E-state index is -1.89. The molecule has 6 bridgehead atoms. The number of carbonyl (C=O) groups excluding carboxylic acids is 1. The number of rotatable bonds is 9. The highest BCUT2D eigenvalue weighted by molar-refractivity contribution is 5.90. The van der Waals surface area contributed by atoms with Gasteiger partial charge in [0.25, 0.3) is 0 Å². The third-order valence-corrected chi connectivity index (χ3v) is 11.5. The number of fused-ring (bicyclic) bond motifs is 3. The Morgan fingerprint density at radius 3 is 2.47 bits per heavy atom. The highest BCUT2D eigenvalue weighted by atomic mass is 16.7. The van der Waals surface area contributed by atoms with Crippen molar-refractivity contribution in [3.05, 3.63) is 111 Å². The van der Waals surface area contributed by atoms with Crippen LogP contribution in [0, 0.1) is 0 Å². The molecule has 0 amide bonds. The Hall–Kier alpha value is -5.75. The molecule has 0 spiro atoms. The Kier molecular flexibility index (Phi) is 10.1. The van der Waals surface area contributed by atoms with E-state index in [0.717, 1.165) is 38.4 Å². The van der Waals surface area contributed by atoms with E-state index >= 15 is 0 Å². The molecule has 0 aliphatic carbocycles. The lowest BCUT2D eigenvalue weighted by Gasteiger charge is -2.43. The molecule has 308 valence electrons. The Labute approximate surface area is 337 Å². The maximum absolute atomic E-state index is 12.4. The van der Waals surface area contributed by atoms with Crippen molar-refractivity contribution in [2.24, 2.45) is 16.5 Å². The molecule has 12 rings (SSSR count). The lowest BCUT2D eigenvalue weighted by Crippen LogP contribution is -2.66. The van der Waals surface area contributed by atoms with Gasteiger partial charge in [0.15, 0.2) is 17.6 Å². The third kappa shape index (κ3) is 7.00. The smallest absolute Gasteiger partial charge is 0.317 e. The predicted octanol–water partition coefficient (Wildman–Crippen LogP) is 0.500. The summed E-state index contributed by atoms with van der Waals surface area (Å²) < 4.78 is 43.7. The quantitative estimate of drug-likeness (QED) is 0.0766. The first-order valence-corrected chi connectivity index (χ1v) is 19.3. The molecule has 1 saturated heterocycles. The number of methoxy groups -OCH3 is 1. The van der Waals surface area contributed by atoms with Crippen LogP contribution < -0.4 is 45.7 Å². The van der Waals surface area contributed by atoms with Gasteiger partial charge >= 0.3 is 11.9 Å². The Balaban J connectivity index is 1.16. The predicted molar refractivity (Wildman–Crippen MR) is 206 cm³/mol. The fourth-order valence-corrected chi connectivity index (χ4v) is 8.72. The number of aliphatic hydroxyl groups is 3. The van der Waals surface area contributed by atoms with Gasteiger partial charge in [-0.2, -0.15) is 0 Å². The van der Waals surface area contributed by atoms with E-state index in [1.54, 1.807) is 19.2 Å². The molecule has 1 fully saturated rings. The summed E-state index contributed by atoms with van der Waals surface area (Å²) in [6.45, 7) is 0.764. The molecular weight excluding hydrogens is 766 g/mol. The van der Waals surface area contributed by atoms with E-state index in [0.29, 0.717) is 54.6 Å². The number of aliphatic carboxylic acids is 1. The van der Waals surface area contributed by atoms with Gasteiger partial charge in [0.1, 0.15) is 54.5 Å². The summed E-state index contributed by atoms with van der Waals surface area (Å²) in [6, 6.07) is 23.4. The Morgan fingerprint density at radius 1 is 0.932 bits per heavy atom. The van der Waals surface area contributed by atoms with Gasteiger partial charge in [0, 0.05) is 35.3 Å². The first-order chi connectivity index (χ1) is 28.5. The molecule has 0 aromatic heterocycles. The molecule has 0 saturated carbocycles. The first-order valence-electron chi connectivity index (χ1n) is 19.3. The fraction of sp³-hybridized carbons (Fsp3) is 0.372. The van der Waals surface area contributed by atoms with Gasteiger partial charge in [-0.3, -0.25) is 14.6 Å². The van der Waals surface area contributed by atoms with E-state index in [2.05, 4.69) is 24.3 Å². The van der Waals surface area contributed by atoms with Crippen molar-refractivity contribution in [1.82, 2.24) is 0 Å². The van der Waals surface area contributed by atoms with Crippen LogP contribution in [0.2, 0.25) is 0 Å². The van der Waals surface area contributed by atoms with Crippen LogP contribution in [-0.4, -0.2) is 102 Å². The van der Waals surface area contributed by atoms with E-state index < -0.39 is 73.5 Å². The Bertz CT molecular complexity index is 2420. The summed E-state index contributed by atoms with van der Waals surface area (Å²) in [5.41, 5.74) is 17.2. The maximum Gasteiger partial charge on any atom is 0.317 e. The van der Waals surface area contributed by atoms with Crippen molar-refractivity contribution in [1.29, 1.82) is 0 Å². The molecule has 8 aliphatic heterocycles. The van der Waals surface area contributed by atoms with Crippen molar-refractivity contribution in [3.63, 3.8) is 0 Å². The second kappa shape index (κ2) is 15.4. The van der Waals surface area contributed by atoms with Crippen molar-refractivity contribution in [2.45, 2.75) is 80.4 Å². The molecule has 4 aromatic carbocycles. The Morgan fingerprint density at radius 2 is 1.71 bits per heavy atom. The van der Waals surface area contributed by atoms with Crippen molar-refractivity contribution >= 4 is 17.5 Å². The van der Waals surface area contributed by atoms with Crippen LogP contribution in [0.4, 0.5) is 0 Å². The third-order valence-electron chi connectivity index (χ3n) is 11.5. The maximum atomic E-state index is 12.4. The highest BCUT2D eigenvalue weighted by Crippen LogP contribution is 2.60. The van der Waals surface area contributed by atoms with Crippen LogP contribution in [0.1, 0.15) is 46.3 Å². The summed E-state index contributed by atoms with van der Waals surface area (Å²) in [5, 5.41) is 44.0. The van der Waals surface area contributed by atoms with E-state index in [9.17, 15) is 24.9 Å². The first kappa shape index (κ1) is 38.8. The average Bonchev–Trinajstić information content (AvgIpc) is 3.82. The summed E-state index contributed by atoms with van der Waals surface area (Å²) in [4.78, 5) is 28.3. The van der Waals surface area contributed by atoms with Crippen LogP contribution in [0.5, 0.6) is 28.7 Å². The summed E-state index contributed by atoms with van der Waals surface area (Å²) in [5.74, 6) is -0.776. The van der Waals surface area contributed by atoms with Crippen LogP contribution in [0.3, 0.4) is 0 Å². The summed E-state index contributed by atoms with van der Waals surface area (Å²) in [6.07, 6.45) is -12.8. The zero-order chi connectivity index (χ0) is 41.1. The van der Waals surface area contributed by atoms with Gasteiger partial charge in [0.05, 0.1) is 37.7 Å². The van der Waals surface area contributed by atoms with E-state index in [-0.39, 0.29) is 11.7 Å². The molecule has 8 aliphatic rings. The fourth-order valence-electron chi connectivity index (χ4n) is 8.72. The molecule has 8 heterocycles. The van der Waals surface area contributed by atoms with Gasteiger partial charge in [0.2, 0.25) is 12.0 Å². The second-order valence-corrected chi connectivity index (χ2v) is 15.2. The number of aliphatic hydroxyl groups excluding tert-OH is 3. The van der Waals surface area contributed by atoms with Crippen molar-refractivity contribution < 1.29 is 63.2 Å². The number of carboxylic acid groups (broad SMARTS) is 1. The van der Waals surface area contributed by atoms with Crippen LogP contribution in [-0.2, 0) is 31.9 Å². The zero-order valence-corrected chi connectivity index (χ0v) is 31.8. The number of nitrogens with zero attached hydrogens (tertiary/aromatic N) is 1. The SMILES string of the molecule is COc1c2ccc3c1O[C@H]1c4c(cc(O[C@@H]5O[C@H]([C@H](OC(=O)CC(=O)O)C(N)N)[C@@H](O)[C@H](O)[C@H]5O)cc4C4=c5ccccc5=NC4)O[C@@H](Cc4ccc(cc4)CCO2)[C@@H]31. The van der Waals surface area contributed by atoms with Crippen molar-refractivity contribution in [2.75, 3.05) is 20.3 Å². The van der Waals surface area contributed by atoms with E-state index in [1.807, 2.05) is 36.4 Å². The van der Waals surface area contributed by atoms with Crippen LogP contribution in [0.15, 0.2) is 77.8 Å². The number of benzene rings is 4. The number of hydrogen-bond acceptors (Lipinski definition) is 15. The number of carbonyl (C=O) groups is 2. The largest absolute Gasteiger partial charge is 0.490 e. The van der Waals surface area contributed by atoms with Gasteiger partial charge in [-0.15, -0.1) is 0 Å². The van der Waals surface area contributed by atoms with Gasteiger partial charge < -0.3 is 65.1 Å². The number of nitrogens with two attached hydrogens (primary N) is 2. The normalized spacial score (nSPS) is 26.7. The number of para-hydroxylation sites is 1. The zero-order valence-electron chi connectivity index (χ0n) is 31.8. The molecule has 0 unspecified atom stereocenters. The minimum absolute atomic E-state index is 0.148. The minimum Gasteiger partial charge on any atom is -0.490 e. The van der Waals surface area contributed by atoms with Crippen LogP contribution >= 0.6 is 0 Å². The topological polar surface area (TPSA) is 244 Å². The molecular formula is C43H43N3O13. The number of esters is 1. The van der Waals surface area contributed by atoms with E-state index in [4.69, 9.17) is 54.7 Å². The molecule has 16 heteroatoms. The molecule has 8 N–H and O–H groups in total. The number of carboxylic acids is 1. The van der Waals surface area contributed by atoms with Gasteiger partial charge in [-0.1, -0.05) is 48.5 Å². The molecule has 59 heavy (non-hydrogen) atoms. The van der Waals surface area contributed by atoms with Gasteiger partial charge in [-0.05, 0) is 40.5 Å². The summed E-state index contributed by atoms with van der Waals surface area (Å²) >= 11 is 0. The molecule has 0 radical (unpaired) electrons. The molecule has 16 nitrogen and oxygen atoms in total. The summed E-state index contributed by atoms with van der Waals surface area (Å²) in [7, 11) is 1.59. The number of ether oxygens (including phenoxy) is 7. The van der Waals surface area contributed by atoms with E-state index in [1.165, 1.54) is 0 Å². The molecule has 9 atom stereocenters. The monoisotopic (exact) mass is 809 g/mol. The second-order valence-electron chi connectivity index (χ2n) is 15.2. The van der Waals surface area contributed by atoms with Gasteiger partial charge in [-0.25, -0.2) is 0 Å². The lowest BCUT2D eigenvalue weighted by molar-refractivity contribution is -0.291. The average molecular weight is 810 g/mol. The lowest BCUT2D eigenvalue weighted by atomic mass is 9.79.